The van der Waals surface area contributed by atoms with E-state index in [0.717, 1.165) is 28.1 Å². The van der Waals surface area contributed by atoms with Gasteiger partial charge in [-0.3, -0.25) is 5.43 Å². The van der Waals surface area contributed by atoms with Gasteiger partial charge in [-0.2, -0.15) is 10.4 Å². The van der Waals surface area contributed by atoms with Gasteiger partial charge in [-0.25, -0.2) is 4.98 Å². The van der Waals surface area contributed by atoms with E-state index in [1.807, 2.05) is 61.5 Å². The van der Waals surface area contributed by atoms with Gasteiger partial charge in [0.1, 0.15) is 24.0 Å². The number of anilines is 1. The largest absolute Gasteiger partial charge is 0.489 e. The lowest BCUT2D eigenvalue weighted by Crippen LogP contribution is -2.03. The molecule has 3 rings (SSSR count). The van der Waals surface area contributed by atoms with Gasteiger partial charge in [0.2, 0.25) is 0 Å². The third-order valence-corrected chi connectivity index (χ3v) is 4.63. The van der Waals surface area contributed by atoms with Crippen LogP contribution in [-0.4, -0.2) is 18.3 Å². The van der Waals surface area contributed by atoms with Crippen LogP contribution in [-0.2, 0) is 18.0 Å². The second-order valence-electron chi connectivity index (χ2n) is 6.51. The van der Waals surface area contributed by atoms with Crippen molar-refractivity contribution in [1.82, 2.24) is 4.98 Å². The topological polar surface area (TPSA) is 79.5 Å². The van der Waals surface area contributed by atoms with E-state index in [2.05, 4.69) is 21.6 Å². The van der Waals surface area contributed by atoms with Crippen molar-refractivity contribution in [2.75, 3.05) is 12.5 Å². The molecule has 1 heterocycles. The third kappa shape index (κ3) is 5.57. The van der Waals surface area contributed by atoms with Crippen LogP contribution in [0, 0.1) is 18.3 Å². The Labute approximate surface area is 180 Å². The molecule has 0 bridgehead atoms. The number of ether oxygens (including phenoxy) is 2. The van der Waals surface area contributed by atoms with Gasteiger partial charge < -0.3 is 9.47 Å². The van der Waals surface area contributed by atoms with Gasteiger partial charge >= 0.3 is 0 Å². The lowest BCUT2D eigenvalue weighted by Gasteiger charge is -2.09. The van der Waals surface area contributed by atoms with Crippen LogP contribution in [0.1, 0.15) is 27.9 Å². The first-order chi connectivity index (χ1) is 14.6. The lowest BCUT2D eigenvalue weighted by atomic mass is 10.1. The van der Waals surface area contributed by atoms with Crippen molar-refractivity contribution in [2.24, 2.45) is 5.10 Å². The summed E-state index contributed by atoms with van der Waals surface area (Å²) in [6.45, 7) is 2.59. The first-order valence-corrected chi connectivity index (χ1v) is 9.63. The Bertz CT molecular complexity index is 1080. The first kappa shape index (κ1) is 21.3. The van der Waals surface area contributed by atoms with Crippen LogP contribution >= 0.6 is 11.6 Å². The summed E-state index contributed by atoms with van der Waals surface area (Å²) >= 11 is 6.15. The Morgan fingerprint density at radius 2 is 1.90 bits per heavy atom. The van der Waals surface area contributed by atoms with E-state index in [9.17, 15) is 5.26 Å². The molecule has 152 valence electrons. The van der Waals surface area contributed by atoms with Gasteiger partial charge in [0.25, 0.3) is 0 Å². The van der Waals surface area contributed by atoms with E-state index < -0.39 is 0 Å². The first-order valence-electron chi connectivity index (χ1n) is 9.25. The summed E-state index contributed by atoms with van der Waals surface area (Å²) in [6, 6.07) is 19.1. The second kappa shape index (κ2) is 10.4. The highest BCUT2D eigenvalue weighted by Gasteiger charge is 2.10. The van der Waals surface area contributed by atoms with Gasteiger partial charge in [-0.15, -0.1) is 0 Å². The second-order valence-corrected chi connectivity index (χ2v) is 6.92. The van der Waals surface area contributed by atoms with Crippen LogP contribution in [0.25, 0.3) is 0 Å². The van der Waals surface area contributed by atoms with Gasteiger partial charge in [0.05, 0.1) is 12.8 Å². The van der Waals surface area contributed by atoms with E-state index in [1.165, 1.54) is 0 Å². The number of hydrazone groups is 1. The smallest absolute Gasteiger partial charge is 0.164 e. The minimum absolute atomic E-state index is 0.334. The fourth-order valence-electron chi connectivity index (χ4n) is 2.81. The Morgan fingerprint density at radius 3 is 2.60 bits per heavy atom. The SMILES string of the molecule is COCc1cc(C)nc(N/N=C/c2ccc(OCc3ccccc3Cl)cc2)c1C#N. The standard InChI is InChI=1S/C23H21ClN4O2/c1-16-11-19(14-29-2)21(12-25)23(27-16)28-26-13-17-7-9-20(10-8-17)30-15-18-5-3-4-6-22(18)24/h3-11,13H,14-15H2,1-2H3,(H,27,28)/b26-13+. The highest BCUT2D eigenvalue weighted by Crippen LogP contribution is 2.20. The maximum Gasteiger partial charge on any atom is 0.164 e. The molecule has 0 aliphatic heterocycles. The number of aryl methyl sites for hydroxylation is 1. The highest BCUT2D eigenvalue weighted by atomic mass is 35.5. The molecule has 0 spiro atoms. The van der Waals surface area contributed by atoms with Crippen molar-refractivity contribution < 1.29 is 9.47 Å². The molecular weight excluding hydrogens is 400 g/mol. The summed E-state index contributed by atoms with van der Waals surface area (Å²) in [5, 5.41) is 14.3. The number of aromatic nitrogens is 1. The van der Waals surface area contributed by atoms with Crippen molar-refractivity contribution in [3.63, 3.8) is 0 Å². The zero-order valence-electron chi connectivity index (χ0n) is 16.7. The number of benzene rings is 2. The lowest BCUT2D eigenvalue weighted by molar-refractivity contribution is 0.184. The van der Waals surface area contributed by atoms with E-state index in [-0.39, 0.29) is 0 Å². The average molecular weight is 421 g/mol. The van der Waals surface area contributed by atoms with Gasteiger partial charge in [0, 0.05) is 29.0 Å². The zero-order valence-corrected chi connectivity index (χ0v) is 17.5. The molecule has 0 saturated carbocycles. The number of nitriles is 1. The van der Waals surface area contributed by atoms with Crippen molar-refractivity contribution in [3.8, 4) is 11.8 Å². The third-order valence-electron chi connectivity index (χ3n) is 4.26. The number of hydrogen-bond acceptors (Lipinski definition) is 6. The summed E-state index contributed by atoms with van der Waals surface area (Å²) < 4.78 is 10.9. The van der Waals surface area contributed by atoms with E-state index in [4.69, 9.17) is 21.1 Å². The molecule has 0 radical (unpaired) electrons. The molecule has 0 aliphatic rings. The van der Waals surface area contributed by atoms with E-state index in [1.54, 1.807) is 13.3 Å². The Kier molecular flexibility index (Phi) is 7.39. The molecule has 0 atom stereocenters. The molecule has 30 heavy (non-hydrogen) atoms. The average Bonchev–Trinajstić information content (AvgIpc) is 2.74. The number of methoxy groups -OCH3 is 1. The van der Waals surface area contributed by atoms with E-state index >= 15 is 0 Å². The molecule has 0 saturated heterocycles. The van der Waals surface area contributed by atoms with Crippen LogP contribution in [0.5, 0.6) is 5.75 Å². The summed E-state index contributed by atoms with van der Waals surface area (Å²) in [7, 11) is 1.59. The number of nitrogens with one attached hydrogen (secondary N) is 1. The maximum atomic E-state index is 9.45. The van der Waals surface area contributed by atoms with Crippen molar-refractivity contribution in [2.45, 2.75) is 20.1 Å². The number of hydrogen-bond donors (Lipinski definition) is 1. The fourth-order valence-corrected chi connectivity index (χ4v) is 3.00. The van der Waals surface area contributed by atoms with Crippen LogP contribution < -0.4 is 10.2 Å². The van der Waals surface area contributed by atoms with Crippen molar-refractivity contribution in [3.05, 3.63) is 87.6 Å². The molecule has 1 aromatic heterocycles. The molecule has 0 aliphatic carbocycles. The molecule has 0 amide bonds. The summed E-state index contributed by atoms with van der Waals surface area (Å²) in [4.78, 5) is 4.36. The Morgan fingerprint density at radius 1 is 1.13 bits per heavy atom. The maximum absolute atomic E-state index is 9.45. The Hall–Kier alpha value is -3.40. The molecule has 7 heteroatoms. The van der Waals surface area contributed by atoms with E-state index in [0.29, 0.717) is 29.6 Å². The van der Waals surface area contributed by atoms with Crippen LogP contribution in [0.15, 0.2) is 59.7 Å². The molecule has 3 aromatic rings. The molecule has 0 unspecified atom stereocenters. The van der Waals surface area contributed by atoms with Gasteiger partial charge in [-0.1, -0.05) is 29.8 Å². The molecule has 2 aromatic carbocycles. The summed E-state index contributed by atoms with van der Waals surface area (Å²) in [5.74, 6) is 1.14. The van der Waals surface area contributed by atoms with Crippen LogP contribution in [0.2, 0.25) is 5.02 Å². The predicted molar refractivity (Wildman–Crippen MR) is 118 cm³/mol. The molecular formula is C23H21ClN4O2. The van der Waals surface area contributed by atoms with Crippen molar-refractivity contribution >= 4 is 23.6 Å². The normalized spacial score (nSPS) is 10.7. The zero-order chi connectivity index (χ0) is 21.3. The minimum Gasteiger partial charge on any atom is -0.489 e. The van der Waals surface area contributed by atoms with Gasteiger partial charge in [0.15, 0.2) is 5.82 Å². The predicted octanol–water partition coefficient (Wildman–Crippen LogP) is 5.09. The Balaban J connectivity index is 1.63. The molecule has 6 nitrogen and oxygen atoms in total. The number of nitrogens with zero attached hydrogens (tertiary/aromatic N) is 3. The quantitative estimate of drug-likeness (QED) is 0.405. The highest BCUT2D eigenvalue weighted by molar-refractivity contribution is 6.31. The van der Waals surface area contributed by atoms with Crippen molar-refractivity contribution in [1.29, 1.82) is 5.26 Å². The number of rotatable bonds is 8. The number of pyridine rings is 1. The van der Waals surface area contributed by atoms with Crippen LogP contribution in [0.3, 0.4) is 0 Å². The summed E-state index contributed by atoms with van der Waals surface area (Å²) in [5.41, 5.74) is 6.62. The number of halogens is 1. The molecule has 0 fully saturated rings. The summed E-state index contributed by atoms with van der Waals surface area (Å²) in [6.07, 6.45) is 1.65. The fraction of sp³-hybridized carbons (Fsp3) is 0.174. The molecule has 1 N–H and O–H groups in total. The van der Waals surface area contributed by atoms with Gasteiger partial charge in [-0.05, 0) is 48.9 Å². The monoisotopic (exact) mass is 420 g/mol. The van der Waals surface area contributed by atoms with Crippen LogP contribution in [0.4, 0.5) is 5.82 Å². The minimum atomic E-state index is 0.334.